The summed E-state index contributed by atoms with van der Waals surface area (Å²) in [6, 6.07) is 11.2. The van der Waals surface area contributed by atoms with Crippen LogP contribution < -0.4 is 5.43 Å². The Morgan fingerprint density at radius 1 is 1.15 bits per heavy atom. The van der Waals surface area contributed by atoms with E-state index >= 15 is 0 Å². The van der Waals surface area contributed by atoms with Crippen molar-refractivity contribution in [3.63, 3.8) is 0 Å². The van der Waals surface area contributed by atoms with Crippen molar-refractivity contribution in [2.45, 2.75) is 32.1 Å². The molecule has 1 aliphatic rings. The molecule has 1 saturated carbocycles. The molecule has 0 N–H and O–H groups in total. The number of rotatable bonds is 5. The zero-order valence-corrected chi connectivity index (χ0v) is 15.5. The molecule has 4 rings (SSSR count). The lowest BCUT2D eigenvalue weighted by Gasteiger charge is -2.25. The Labute approximate surface area is 158 Å². The molecule has 0 atom stereocenters. The summed E-state index contributed by atoms with van der Waals surface area (Å²) in [5, 5.41) is 0.644. The smallest absolute Gasteiger partial charge is 0.189 e. The molecule has 6 heteroatoms. The van der Waals surface area contributed by atoms with Crippen molar-refractivity contribution in [3.05, 3.63) is 80.6 Å². The van der Waals surface area contributed by atoms with Crippen molar-refractivity contribution < 1.29 is 8.78 Å². The van der Waals surface area contributed by atoms with Crippen molar-refractivity contribution in [1.29, 1.82) is 0 Å². The van der Waals surface area contributed by atoms with Gasteiger partial charge < -0.3 is 4.57 Å². The van der Waals surface area contributed by atoms with E-state index in [1.165, 1.54) is 12.1 Å². The Morgan fingerprint density at radius 2 is 1.96 bits per heavy atom. The summed E-state index contributed by atoms with van der Waals surface area (Å²) in [7, 11) is 0. The molecule has 0 unspecified atom stereocenters. The number of fused-ring (bicyclic) bond motifs is 1. The fraction of sp³-hybridized carbons (Fsp3) is 0.250. The minimum absolute atomic E-state index is 0.0277. The topological polar surface area (TPSA) is 25.2 Å². The number of hydrogen-bond donors (Lipinski definition) is 0. The van der Waals surface area contributed by atoms with Gasteiger partial charge in [-0.1, -0.05) is 12.1 Å². The first-order valence-electron chi connectivity index (χ1n) is 8.48. The second-order valence-electron chi connectivity index (χ2n) is 6.64. The van der Waals surface area contributed by atoms with Gasteiger partial charge in [-0.25, -0.2) is 8.78 Å². The van der Waals surface area contributed by atoms with Crippen LogP contribution in [0.3, 0.4) is 0 Å². The van der Waals surface area contributed by atoms with E-state index in [1.807, 2.05) is 16.7 Å². The van der Waals surface area contributed by atoms with Crippen LogP contribution in [0.1, 0.15) is 18.4 Å². The molecule has 2 aromatic carbocycles. The Morgan fingerprint density at radius 3 is 2.69 bits per heavy atom. The largest absolute Gasteiger partial charge is 0.333 e. The van der Waals surface area contributed by atoms with Crippen LogP contribution >= 0.6 is 15.9 Å². The molecule has 0 saturated heterocycles. The number of para-hydroxylation sites is 1. The van der Waals surface area contributed by atoms with Crippen molar-refractivity contribution in [2.75, 3.05) is 0 Å². The molecule has 1 aromatic heterocycles. The lowest BCUT2D eigenvalue weighted by Crippen LogP contribution is -2.29. The zero-order valence-electron chi connectivity index (χ0n) is 14.0. The van der Waals surface area contributed by atoms with Crippen LogP contribution in [0, 0.1) is 11.6 Å². The minimum Gasteiger partial charge on any atom is -0.333 e. The van der Waals surface area contributed by atoms with Crippen molar-refractivity contribution in [3.8, 4) is 0 Å². The van der Waals surface area contributed by atoms with Gasteiger partial charge in [-0.3, -0.25) is 9.69 Å². The van der Waals surface area contributed by atoms with E-state index in [1.54, 1.807) is 18.3 Å². The fourth-order valence-corrected chi connectivity index (χ4v) is 3.84. The van der Waals surface area contributed by atoms with Crippen LogP contribution in [0.25, 0.3) is 10.9 Å². The first-order valence-corrected chi connectivity index (χ1v) is 9.28. The summed E-state index contributed by atoms with van der Waals surface area (Å²) >= 11 is 3.53. The van der Waals surface area contributed by atoms with Gasteiger partial charge in [-0.05, 0) is 47.0 Å². The van der Waals surface area contributed by atoms with Gasteiger partial charge in [0.1, 0.15) is 11.6 Å². The molecule has 3 aromatic rings. The molecule has 1 aliphatic carbocycles. The second-order valence-corrected chi connectivity index (χ2v) is 7.50. The van der Waals surface area contributed by atoms with E-state index in [-0.39, 0.29) is 5.43 Å². The lowest BCUT2D eigenvalue weighted by atomic mass is 10.2. The van der Waals surface area contributed by atoms with Crippen molar-refractivity contribution in [2.24, 2.45) is 0 Å². The summed E-state index contributed by atoms with van der Waals surface area (Å²) in [4.78, 5) is 14.3. The van der Waals surface area contributed by atoms with Gasteiger partial charge in [0.05, 0.1) is 12.2 Å². The molecular weight excluding hydrogens is 402 g/mol. The molecular formula is C20H17BrF2N2O. The maximum Gasteiger partial charge on any atom is 0.189 e. The molecule has 0 amide bonds. The van der Waals surface area contributed by atoms with Gasteiger partial charge in [0.15, 0.2) is 5.43 Å². The van der Waals surface area contributed by atoms with Crippen molar-refractivity contribution in [1.82, 2.24) is 9.47 Å². The summed E-state index contributed by atoms with van der Waals surface area (Å²) in [5.74, 6) is -1.10. The average Bonchev–Trinajstić information content (AvgIpc) is 3.44. The highest BCUT2D eigenvalue weighted by molar-refractivity contribution is 9.10. The maximum atomic E-state index is 14.1. The number of halogens is 3. The second kappa shape index (κ2) is 6.93. The summed E-state index contributed by atoms with van der Waals surface area (Å²) < 4.78 is 30.1. The zero-order chi connectivity index (χ0) is 18.3. The molecule has 26 heavy (non-hydrogen) atoms. The van der Waals surface area contributed by atoms with Crippen LogP contribution in [-0.4, -0.2) is 15.5 Å². The predicted octanol–water partition coefficient (Wildman–Crippen LogP) is 4.66. The van der Waals surface area contributed by atoms with Crippen LogP contribution in [0.4, 0.5) is 8.78 Å². The van der Waals surface area contributed by atoms with E-state index in [0.717, 1.165) is 28.9 Å². The van der Waals surface area contributed by atoms with E-state index < -0.39 is 11.6 Å². The standard InChI is InChI=1S/C20H17BrF2N2O/c21-17-3-1-2-16-19(26)8-9-24(20(16)17)12-25(15-6-7-15)11-13-4-5-14(22)10-18(13)23/h1-5,8-10,15H,6-7,11-12H2. The van der Waals surface area contributed by atoms with E-state index in [9.17, 15) is 13.6 Å². The van der Waals surface area contributed by atoms with Gasteiger partial charge in [-0.15, -0.1) is 0 Å². The lowest BCUT2D eigenvalue weighted by molar-refractivity contribution is 0.199. The third-order valence-electron chi connectivity index (χ3n) is 4.73. The Bertz CT molecular complexity index is 1030. The monoisotopic (exact) mass is 418 g/mol. The van der Waals surface area contributed by atoms with Gasteiger partial charge in [0, 0.05) is 46.3 Å². The van der Waals surface area contributed by atoms with E-state index in [2.05, 4.69) is 20.8 Å². The molecule has 1 heterocycles. The highest BCUT2D eigenvalue weighted by Crippen LogP contribution is 2.30. The third-order valence-corrected chi connectivity index (χ3v) is 5.37. The average molecular weight is 419 g/mol. The van der Waals surface area contributed by atoms with Crippen LogP contribution in [0.15, 0.2) is 57.9 Å². The number of pyridine rings is 1. The van der Waals surface area contributed by atoms with E-state index in [4.69, 9.17) is 0 Å². The van der Waals surface area contributed by atoms with Crippen LogP contribution in [0.5, 0.6) is 0 Å². The predicted molar refractivity (Wildman–Crippen MR) is 101 cm³/mol. The number of hydrogen-bond acceptors (Lipinski definition) is 2. The summed E-state index contributed by atoms with van der Waals surface area (Å²) in [6.45, 7) is 0.926. The number of benzene rings is 2. The highest BCUT2D eigenvalue weighted by Gasteiger charge is 2.30. The Hall–Kier alpha value is -2.05. The molecule has 3 nitrogen and oxygen atoms in total. The molecule has 0 aliphatic heterocycles. The maximum absolute atomic E-state index is 14.1. The first-order chi connectivity index (χ1) is 12.5. The molecule has 134 valence electrons. The van der Waals surface area contributed by atoms with E-state index in [0.29, 0.717) is 30.2 Å². The first kappa shape index (κ1) is 17.4. The van der Waals surface area contributed by atoms with Gasteiger partial charge >= 0.3 is 0 Å². The SMILES string of the molecule is O=c1ccn(CN(Cc2ccc(F)cc2F)C2CC2)c2c(Br)cccc12. The summed E-state index contributed by atoms with van der Waals surface area (Å²) in [5.41, 5.74) is 1.27. The fourth-order valence-electron chi connectivity index (χ4n) is 3.24. The van der Waals surface area contributed by atoms with Gasteiger partial charge in [0.25, 0.3) is 0 Å². The molecule has 0 bridgehead atoms. The van der Waals surface area contributed by atoms with Gasteiger partial charge in [0.2, 0.25) is 0 Å². The number of nitrogens with zero attached hydrogens (tertiary/aromatic N) is 2. The third kappa shape index (κ3) is 3.44. The Balaban J connectivity index is 1.69. The Kier molecular flexibility index (Phi) is 4.63. The normalized spacial score (nSPS) is 14.3. The van der Waals surface area contributed by atoms with Gasteiger partial charge in [-0.2, -0.15) is 0 Å². The number of aromatic nitrogens is 1. The van der Waals surface area contributed by atoms with Crippen LogP contribution in [-0.2, 0) is 13.2 Å². The minimum atomic E-state index is -0.570. The molecule has 0 spiro atoms. The summed E-state index contributed by atoms with van der Waals surface area (Å²) in [6.07, 6.45) is 3.88. The molecule has 0 radical (unpaired) electrons. The quantitative estimate of drug-likeness (QED) is 0.601. The van der Waals surface area contributed by atoms with Crippen LogP contribution in [0.2, 0.25) is 0 Å². The molecule has 1 fully saturated rings. The van der Waals surface area contributed by atoms with Crippen molar-refractivity contribution >= 4 is 26.8 Å². The highest BCUT2D eigenvalue weighted by atomic mass is 79.9.